The van der Waals surface area contributed by atoms with Crippen LogP contribution in [0.15, 0.2) is 97.7 Å². The molecule has 4 saturated heterocycles. The molecule has 15 atom stereocenters. The van der Waals surface area contributed by atoms with Gasteiger partial charge in [-0.1, -0.05) is 88.1 Å². The highest BCUT2D eigenvalue weighted by atomic mass is 32.2. The van der Waals surface area contributed by atoms with E-state index in [2.05, 4.69) is 57.8 Å². The third-order valence-electron chi connectivity index (χ3n) is 25.9. The van der Waals surface area contributed by atoms with Gasteiger partial charge in [0.15, 0.2) is 0 Å². The Bertz CT molecular complexity index is 5570. The number of nitrogens with two attached hydrogens (primary N) is 5. The minimum absolute atomic E-state index is 0.0164. The summed E-state index contributed by atoms with van der Waals surface area (Å²) in [5.41, 5.74) is 32.1. The second-order valence-electron chi connectivity index (χ2n) is 35.9. The number of aliphatic hydroxyl groups excluding tert-OH is 1. The molecule has 18 amide bonds. The number of likely N-dealkylation sites (N-methyl/N-ethyl adjacent to an activating group) is 2. The van der Waals surface area contributed by atoms with Gasteiger partial charge in [-0.2, -0.15) is 0 Å². The highest BCUT2D eigenvalue weighted by Crippen LogP contribution is 2.31. The molecule has 11 rings (SSSR count). The molecule has 0 saturated carbocycles. The van der Waals surface area contributed by atoms with Gasteiger partial charge in [-0.25, -0.2) is 4.98 Å². The summed E-state index contributed by atoms with van der Waals surface area (Å²) in [6.07, 6.45) is 2.56. The van der Waals surface area contributed by atoms with Crippen molar-refractivity contribution >= 4 is 146 Å². The largest absolute Gasteiger partial charge is 0.508 e. The van der Waals surface area contributed by atoms with E-state index in [1.54, 1.807) is 54.7 Å². The quantitative estimate of drug-likeness (QED) is 0.0257. The SMILES string of the molecule is CCCC[C@H]1C(=O)N(C)[C@@H](CCCC)C(=O)N[C@@H](CN)C(=O)N[C@H](C(=O)NCC(N)=O)CSCC(=O)N[C@@H](Cc2ccc(O)cc2)C(=O)N2CCCC[C@H]2C(=O)N[C@@H](CC(N)=O)C(=O)N2CCC[C@H]2C(=O)N[C@H]2Cc3cncn3CN(C2=O)[C@@H](CCC(N)=O)C(=O)N2C[C@H](O)C[C@H]2C(=O)N[C@@H](Cc2c[nH]c3ccccc23)C(=O)N[C@@H](CCN)C(=O)N[C@@H](Cc2cn(CC(=O)O)c3ccccc23)C(=O)N1C. The monoisotopic (exact) mass is 1960 g/mol. The van der Waals surface area contributed by atoms with Crippen molar-refractivity contribution in [3.8, 4) is 5.75 Å². The maximum Gasteiger partial charge on any atom is 0.323 e. The molecule has 4 fully saturated rings. The van der Waals surface area contributed by atoms with E-state index in [0.717, 1.165) is 36.3 Å². The van der Waals surface area contributed by atoms with Gasteiger partial charge in [0.2, 0.25) is 106 Å². The first-order valence-electron chi connectivity index (χ1n) is 47.0. The van der Waals surface area contributed by atoms with Crippen LogP contribution in [-0.2, 0) is 130 Å². The maximum atomic E-state index is 16.0. The molecule has 0 aliphatic carbocycles. The molecule has 46 nitrogen and oxygen atoms in total. The van der Waals surface area contributed by atoms with Crippen molar-refractivity contribution in [1.29, 1.82) is 0 Å². The molecule has 5 aliphatic rings. The molecule has 8 heterocycles. The maximum absolute atomic E-state index is 16.0. The molecule has 0 spiro atoms. The number of hydrogen-bond acceptors (Lipinski definition) is 25. The van der Waals surface area contributed by atoms with E-state index in [-0.39, 0.29) is 83.2 Å². The average Bonchev–Trinajstić information content (AvgIpc) is 1.66. The summed E-state index contributed by atoms with van der Waals surface area (Å²) in [6.45, 7) is 0.159. The van der Waals surface area contributed by atoms with Crippen LogP contribution in [0.3, 0.4) is 0 Å². The Labute approximate surface area is 810 Å². The molecule has 2 bridgehead atoms. The minimum Gasteiger partial charge on any atom is -0.508 e. The molecule has 140 heavy (non-hydrogen) atoms. The molecule has 23 N–H and O–H groups in total. The summed E-state index contributed by atoms with van der Waals surface area (Å²) in [6, 6.07) is -3.05. The number of primary amides is 3. The number of aliphatic hydroxyl groups is 1. The number of piperidine rings is 1. The van der Waals surface area contributed by atoms with Crippen molar-refractivity contribution in [1.82, 2.24) is 96.4 Å². The van der Waals surface area contributed by atoms with E-state index in [4.69, 9.17) is 28.7 Å². The molecule has 0 radical (unpaired) electrons. The predicted octanol–water partition coefficient (Wildman–Crippen LogP) is -4.41. The van der Waals surface area contributed by atoms with Crippen molar-refractivity contribution in [3.63, 3.8) is 0 Å². The zero-order valence-electron chi connectivity index (χ0n) is 78.5. The highest BCUT2D eigenvalue weighted by molar-refractivity contribution is 8.00. The van der Waals surface area contributed by atoms with Gasteiger partial charge in [-0.15, -0.1) is 11.8 Å². The van der Waals surface area contributed by atoms with Gasteiger partial charge in [-0.3, -0.25) is 91.1 Å². The highest BCUT2D eigenvalue weighted by Gasteiger charge is 2.49. The van der Waals surface area contributed by atoms with Gasteiger partial charge in [-0.05, 0) is 105 Å². The summed E-state index contributed by atoms with van der Waals surface area (Å²) in [5.74, 6) is -19.5. The topological polar surface area (TPSA) is 681 Å². The van der Waals surface area contributed by atoms with Gasteiger partial charge >= 0.3 is 5.97 Å². The fraction of sp³-hybridized carbons (Fsp3) is 0.527. The second-order valence-corrected chi connectivity index (χ2v) is 37.0. The number of phenolic OH excluding ortho intramolecular Hbond substituents is 1. The number of amides is 18. The van der Waals surface area contributed by atoms with Gasteiger partial charge in [0, 0.05) is 131 Å². The van der Waals surface area contributed by atoms with Crippen LogP contribution in [0.4, 0.5) is 0 Å². The number of aromatic hydroxyl groups is 1. The smallest absolute Gasteiger partial charge is 0.323 e. The molecule has 3 aromatic carbocycles. The Hall–Kier alpha value is -14.1. The lowest BCUT2D eigenvalue weighted by atomic mass is 9.97. The molecule has 5 aliphatic heterocycles. The number of nitrogens with zero attached hydrogens (tertiary/aromatic N) is 9. The number of carbonyl (C=O) groups is 19. The molecular formula is C93H126N24O22S. The van der Waals surface area contributed by atoms with Crippen LogP contribution in [0.1, 0.15) is 139 Å². The number of H-pyrrole nitrogens is 1. The number of imidazole rings is 1. The van der Waals surface area contributed by atoms with E-state index in [0.29, 0.717) is 82.7 Å². The van der Waals surface area contributed by atoms with Crippen LogP contribution in [0.5, 0.6) is 5.75 Å². The number of nitrogens with one attached hydrogen (secondary N) is 10. The second kappa shape index (κ2) is 49.5. The normalized spacial score (nSPS) is 25.1. The van der Waals surface area contributed by atoms with Crippen molar-refractivity contribution < 1.29 is 106 Å². The zero-order chi connectivity index (χ0) is 101. The molecule has 6 aromatic rings. The first kappa shape index (κ1) is 106. The third kappa shape index (κ3) is 27.1. The number of aliphatic carboxylic acids is 1. The summed E-state index contributed by atoms with van der Waals surface area (Å²) in [4.78, 5) is 293. The Morgan fingerprint density at radius 1 is 0.550 bits per heavy atom. The van der Waals surface area contributed by atoms with E-state index in [9.17, 15) is 53.7 Å². The van der Waals surface area contributed by atoms with Crippen LogP contribution in [0.25, 0.3) is 21.8 Å². The average molecular weight is 1960 g/mol. The van der Waals surface area contributed by atoms with Crippen LogP contribution >= 0.6 is 11.8 Å². The van der Waals surface area contributed by atoms with Gasteiger partial charge in [0.05, 0.1) is 37.8 Å². The zero-order valence-corrected chi connectivity index (χ0v) is 79.3. The number of benzene rings is 3. The van der Waals surface area contributed by atoms with Gasteiger partial charge < -0.3 is 135 Å². The lowest BCUT2D eigenvalue weighted by Gasteiger charge is -2.38. The van der Waals surface area contributed by atoms with Crippen molar-refractivity contribution in [3.05, 3.63) is 120 Å². The first-order valence-corrected chi connectivity index (χ1v) is 48.1. The van der Waals surface area contributed by atoms with Crippen LogP contribution < -0.4 is 76.5 Å². The number of aromatic nitrogens is 4. The summed E-state index contributed by atoms with van der Waals surface area (Å²) in [5, 5.41) is 57.0. The standard InChI is InChI=1S/C93H126N24O22S/c1-5-7-19-69-84(130)108-66(40-95)83(129)109-67(80(126)101-43-77(98)122)47-140-48-78(123)102-62(34-51-24-26-55(118)27-25-51)89(135)114-32-14-13-22-70(114)85(131)107-65(39-76(97)121)90(136)115-33-15-23-71(115)86(132)106-64-37-54-42-99-49-113(54)50-117(91(64)137)73(28-29-75(96)120)93(139)116-45-56(119)38-74(116)87(133)104-61(35-52-41-100-59-18-11-9-16-57(52)59)82(128)103-60(30-31-94)81(127)105-63(88(134)111(4)72(20-8-6-2)92(138)110(69)3)36-53-44-112(46-79(124)125)68-21-12-10-17-58(53)68/h9-12,16-18,21,24-27,41-42,44,49,56,60-67,69-74,100,118-119H,5-8,13-15,19-20,22-23,28-40,43,45-48,50,94-95H2,1-4H3,(H2,96,120)(H2,97,121)(H2,98,122)(H,101,126)(H,102,123)(H,103,128)(H,104,133)(H,105,127)(H,106,132)(H,107,131)(H,108,130)(H,109,129)(H,124,125)/t56-,60+,61+,62+,63+,64+,65+,66+,67+,69+,70+,71+,72+,73+,74+/m1/s1. The number of carbonyl (C=O) groups excluding carboxylic acids is 18. The Balaban J connectivity index is 0.974. The van der Waals surface area contributed by atoms with E-state index < -0.39 is 279 Å². The first-order chi connectivity index (χ1) is 66.9. The van der Waals surface area contributed by atoms with Crippen LogP contribution in [-0.4, -0.2) is 332 Å². The van der Waals surface area contributed by atoms with Gasteiger partial charge in [0.25, 0.3) is 0 Å². The number of carboxylic acid groups (broad SMARTS) is 1. The Kier molecular flexibility index (Phi) is 37.6. The fourth-order valence-corrected chi connectivity index (χ4v) is 19.4. The van der Waals surface area contributed by atoms with E-state index in [1.165, 1.54) is 71.1 Å². The predicted molar refractivity (Wildman–Crippen MR) is 506 cm³/mol. The molecule has 756 valence electrons. The number of unbranched alkanes of at least 4 members (excludes halogenated alkanes) is 2. The van der Waals surface area contributed by atoms with Crippen LogP contribution in [0.2, 0.25) is 0 Å². The number of phenols is 1. The summed E-state index contributed by atoms with van der Waals surface area (Å²) >= 11 is 0.762. The van der Waals surface area contributed by atoms with E-state index in [1.807, 2.05) is 13.8 Å². The number of rotatable bonds is 25. The summed E-state index contributed by atoms with van der Waals surface area (Å²) < 4.78 is 2.91. The van der Waals surface area contributed by atoms with Crippen LogP contribution in [0, 0.1) is 0 Å². The molecule has 3 aromatic heterocycles. The Morgan fingerprint density at radius 3 is 1.83 bits per heavy atom. The lowest BCUT2D eigenvalue weighted by molar-refractivity contribution is -0.152. The number of hydrogen-bond donors (Lipinski definition) is 18. The van der Waals surface area contributed by atoms with Gasteiger partial charge in [0.1, 0.15) is 96.9 Å². The molecule has 0 unspecified atom stereocenters. The number of thioether (sulfide) groups is 1. The minimum atomic E-state index is -1.78. The molecular weight excluding hydrogens is 1840 g/mol. The lowest BCUT2D eigenvalue weighted by Crippen LogP contribution is -2.62. The van der Waals surface area contributed by atoms with Crippen molar-refractivity contribution in [2.24, 2.45) is 28.7 Å². The van der Waals surface area contributed by atoms with Crippen molar-refractivity contribution in [2.45, 2.75) is 246 Å². The van der Waals surface area contributed by atoms with Crippen molar-refractivity contribution in [2.75, 3.05) is 64.9 Å². The molecule has 47 heteroatoms. The number of fused-ring (bicyclic) bond motifs is 8. The van der Waals surface area contributed by atoms with E-state index >= 15 is 52.7 Å². The third-order valence-corrected chi connectivity index (χ3v) is 27.0. The number of carboxylic acids is 1. The Morgan fingerprint density at radius 2 is 1.15 bits per heavy atom. The summed E-state index contributed by atoms with van der Waals surface area (Å²) in [7, 11) is 2.62. The fourth-order valence-electron chi connectivity index (χ4n) is 18.6. The number of para-hydroxylation sites is 2. The number of aromatic amines is 1.